The molecule has 3 aliphatic rings. The van der Waals surface area contributed by atoms with E-state index in [9.17, 15) is 9.59 Å². The number of hydrogen-bond donors (Lipinski definition) is 0. The van der Waals surface area contributed by atoms with Crippen LogP contribution in [0.25, 0.3) is 5.57 Å². The molecule has 0 bridgehead atoms. The normalized spacial score (nSPS) is 23.0. The van der Waals surface area contributed by atoms with E-state index in [-0.39, 0.29) is 17.9 Å². The molecule has 0 unspecified atom stereocenters. The van der Waals surface area contributed by atoms with Crippen molar-refractivity contribution in [2.45, 2.75) is 57.0 Å². The second-order valence-electron chi connectivity index (χ2n) is 8.51. The van der Waals surface area contributed by atoms with E-state index in [0.29, 0.717) is 17.3 Å². The average molecular weight is 382 g/mol. The van der Waals surface area contributed by atoms with Crippen LogP contribution in [0.4, 0.5) is 0 Å². The first-order valence-corrected chi connectivity index (χ1v) is 10.7. The summed E-state index contributed by atoms with van der Waals surface area (Å²) in [6.07, 6.45) is 7.31. The number of nitrogens with zero attached hydrogens (tertiary/aromatic N) is 3. The van der Waals surface area contributed by atoms with Crippen molar-refractivity contribution in [3.05, 3.63) is 41.6 Å². The number of hydrogen-bond acceptors (Lipinski definition) is 4. The van der Waals surface area contributed by atoms with E-state index >= 15 is 0 Å². The summed E-state index contributed by atoms with van der Waals surface area (Å²) < 4.78 is 0. The molecule has 1 saturated heterocycles. The molecule has 0 atom stereocenters. The van der Waals surface area contributed by atoms with Crippen LogP contribution in [-0.2, 0) is 9.59 Å². The summed E-state index contributed by atoms with van der Waals surface area (Å²) in [7, 11) is 4.14. The Bertz CT molecular complexity index is 759. The third kappa shape index (κ3) is 3.48. The maximum Gasteiger partial charge on any atom is 0.278 e. The Kier molecular flexibility index (Phi) is 5.54. The molecule has 1 aromatic carbocycles. The van der Waals surface area contributed by atoms with Gasteiger partial charge in [0.15, 0.2) is 0 Å². The molecule has 4 rings (SSSR count). The van der Waals surface area contributed by atoms with E-state index in [1.54, 1.807) is 4.90 Å². The van der Waals surface area contributed by atoms with Crippen LogP contribution in [0.15, 0.2) is 36.0 Å². The second-order valence-corrected chi connectivity index (χ2v) is 8.51. The summed E-state index contributed by atoms with van der Waals surface area (Å²) in [5, 5.41) is 0. The van der Waals surface area contributed by atoms with Gasteiger partial charge in [-0.2, -0.15) is 0 Å². The topological polar surface area (TPSA) is 43.9 Å². The van der Waals surface area contributed by atoms with Gasteiger partial charge in [0.05, 0.1) is 5.57 Å². The number of carbonyl (C=O) groups excluding carboxylic acids is 2. The first kappa shape index (κ1) is 19.2. The Morgan fingerprint density at radius 2 is 1.54 bits per heavy atom. The lowest BCUT2D eigenvalue weighted by atomic mass is 9.94. The summed E-state index contributed by atoms with van der Waals surface area (Å²) >= 11 is 0. The lowest BCUT2D eigenvalue weighted by molar-refractivity contribution is -0.141. The molecule has 1 aromatic rings. The zero-order valence-corrected chi connectivity index (χ0v) is 17.1. The van der Waals surface area contributed by atoms with Gasteiger partial charge in [0.1, 0.15) is 5.70 Å². The number of likely N-dealkylation sites (N-methyl/N-ethyl adjacent to an activating group) is 1. The quantitative estimate of drug-likeness (QED) is 0.752. The van der Waals surface area contributed by atoms with Crippen molar-refractivity contribution < 1.29 is 9.59 Å². The average Bonchev–Trinajstić information content (AvgIpc) is 2.99. The van der Waals surface area contributed by atoms with E-state index in [1.807, 2.05) is 37.4 Å². The molecule has 2 fully saturated rings. The van der Waals surface area contributed by atoms with Gasteiger partial charge in [-0.15, -0.1) is 0 Å². The fourth-order valence-corrected chi connectivity index (χ4v) is 4.96. The van der Waals surface area contributed by atoms with Gasteiger partial charge in [-0.25, -0.2) is 0 Å². The first-order chi connectivity index (χ1) is 13.6. The number of imide groups is 1. The van der Waals surface area contributed by atoms with Crippen molar-refractivity contribution in [2.24, 2.45) is 0 Å². The maximum absolute atomic E-state index is 13.5. The Balaban J connectivity index is 1.70. The molecule has 1 saturated carbocycles. The van der Waals surface area contributed by atoms with Crippen molar-refractivity contribution in [1.29, 1.82) is 0 Å². The minimum atomic E-state index is -0.0992. The summed E-state index contributed by atoms with van der Waals surface area (Å²) in [4.78, 5) is 33.0. The predicted molar refractivity (Wildman–Crippen MR) is 110 cm³/mol. The van der Waals surface area contributed by atoms with Crippen LogP contribution in [0.2, 0.25) is 0 Å². The summed E-state index contributed by atoms with van der Waals surface area (Å²) in [6.45, 7) is 2.05. The van der Waals surface area contributed by atoms with Crippen LogP contribution in [0.5, 0.6) is 0 Å². The fourth-order valence-electron chi connectivity index (χ4n) is 4.96. The van der Waals surface area contributed by atoms with Crippen LogP contribution in [0, 0.1) is 0 Å². The number of carbonyl (C=O) groups is 2. The highest BCUT2D eigenvalue weighted by Gasteiger charge is 2.45. The van der Waals surface area contributed by atoms with Crippen molar-refractivity contribution in [3.63, 3.8) is 0 Å². The van der Waals surface area contributed by atoms with Crippen molar-refractivity contribution >= 4 is 17.4 Å². The monoisotopic (exact) mass is 381 g/mol. The van der Waals surface area contributed by atoms with E-state index in [0.717, 1.165) is 57.2 Å². The maximum atomic E-state index is 13.5. The molecular formula is C23H31N3O2. The van der Waals surface area contributed by atoms with Gasteiger partial charge in [0.25, 0.3) is 11.8 Å². The minimum absolute atomic E-state index is 0.0517. The smallest absolute Gasteiger partial charge is 0.278 e. The zero-order chi connectivity index (χ0) is 19.7. The Morgan fingerprint density at radius 3 is 2.18 bits per heavy atom. The van der Waals surface area contributed by atoms with Crippen molar-refractivity contribution in [3.8, 4) is 0 Å². The molecule has 2 amide bonds. The molecule has 150 valence electrons. The molecule has 1 aliphatic carbocycles. The predicted octanol–water partition coefficient (Wildman–Crippen LogP) is 3.13. The molecule has 2 aliphatic heterocycles. The molecule has 0 spiro atoms. The molecular weight excluding hydrogens is 350 g/mol. The molecule has 5 nitrogen and oxygen atoms in total. The van der Waals surface area contributed by atoms with E-state index in [4.69, 9.17) is 0 Å². The molecule has 5 heteroatoms. The standard InChI is InChI=1S/C23H31N3O2/c1-24-15-13-18(14-16-24)25(2)21-20(17-9-5-3-6-10-17)22(27)26(23(21)28)19-11-7-4-8-12-19/h3,5-6,9-10,18-19H,4,7-8,11-16H2,1-2H3. The lowest BCUT2D eigenvalue weighted by Gasteiger charge is -2.37. The van der Waals surface area contributed by atoms with Crippen LogP contribution in [0.1, 0.15) is 50.5 Å². The number of amides is 2. The van der Waals surface area contributed by atoms with E-state index in [2.05, 4.69) is 16.8 Å². The molecule has 0 N–H and O–H groups in total. The van der Waals surface area contributed by atoms with Crippen LogP contribution in [-0.4, -0.2) is 65.8 Å². The van der Waals surface area contributed by atoms with Gasteiger partial charge in [0.2, 0.25) is 0 Å². The van der Waals surface area contributed by atoms with Crippen molar-refractivity contribution in [1.82, 2.24) is 14.7 Å². The lowest BCUT2D eigenvalue weighted by Crippen LogP contribution is -2.46. The van der Waals surface area contributed by atoms with Gasteiger partial charge in [-0.1, -0.05) is 49.6 Å². The summed E-state index contributed by atoms with van der Waals surface area (Å²) in [5.41, 5.74) is 2.06. The molecule has 28 heavy (non-hydrogen) atoms. The highest BCUT2D eigenvalue weighted by molar-refractivity contribution is 6.35. The molecule has 0 aromatic heterocycles. The van der Waals surface area contributed by atoms with Gasteiger partial charge in [0, 0.05) is 19.1 Å². The second kappa shape index (κ2) is 8.08. The third-order valence-corrected chi connectivity index (χ3v) is 6.68. The number of likely N-dealkylation sites (tertiary alicyclic amines) is 1. The van der Waals surface area contributed by atoms with E-state index in [1.165, 1.54) is 6.42 Å². The molecule has 0 radical (unpaired) electrons. The van der Waals surface area contributed by atoms with Crippen molar-refractivity contribution in [2.75, 3.05) is 27.2 Å². The SMILES string of the molecule is CN1CCC(N(C)C2=C(c3ccccc3)C(=O)N(C3CCCCC3)C2=O)CC1. The Labute approximate surface area is 168 Å². The highest BCUT2D eigenvalue weighted by Crippen LogP contribution is 2.37. The highest BCUT2D eigenvalue weighted by atomic mass is 16.2. The number of benzene rings is 1. The number of piperidine rings is 1. The van der Waals surface area contributed by atoms with Gasteiger partial charge in [-0.3, -0.25) is 14.5 Å². The Hall–Kier alpha value is -2.14. The molecule has 2 heterocycles. The van der Waals surface area contributed by atoms with Gasteiger partial charge < -0.3 is 9.80 Å². The summed E-state index contributed by atoms with van der Waals surface area (Å²) in [6, 6.07) is 10.1. The zero-order valence-electron chi connectivity index (χ0n) is 17.1. The fraction of sp³-hybridized carbons (Fsp3) is 0.565. The van der Waals surface area contributed by atoms with E-state index < -0.39 is 0 Å². The van der Waals surface area contributed by atoms with Gasteiger partial charge >= 0.3 is 0 Å². The van der Waals surface area contributed by atoms with Crippen LogP contribution in [0.3, 0.4) is 0 Å². The Morgan fingerprint density at radius 1 is 0.893 bits per heavy atom. The first-order valence-electron chi connectivity index (χ1n) is 10.7. The van der Waals surface area contributed by atoms with Crippen LogP contribution >= 0.6 is 0 Å². The number of rotatable bonds is 4. The largest absolute Gasteiger partial charge is 0.366 e. The van der Waals surface area contributed by atoms with Gasteiger partial charge in [-0.05, 0) is 51.4 Å². The minimum Gasteiger partial charge on any atom is -0.366 e. The van der Waals surface area contributed by atoms with Crippen LogP contribution < -0.4 is 0 Å². The third-order valence-electron chi connectivity index (χ3n) is 6.68. The summed E-state index contributed by atoms with van der Waals surface area (Å²) in [5.74, 6) is -0.185.